The molecular formula is C9H8N2O3. The fraction of sp³-hybridized carbons (Fsp3) is 0.111. The van der Waals surface area contributed by atoms with Crippen LogP contribution in [0, 0.1) is 0 Å². The predicted octanol–water partition coefficient (Wildman–Crippen LogP) is 0.451. The molecule has 1 aromatic carbocycles. The van der Waals surface area contributed by atoms with Gasteiger partial charge in [0.2, 0.25) is 5.91 Å². The summed E-state index contributed by atoms with van der Waals surface area (Å²) >= 11 is 0. The van der Waals surface area contributed by atoms with Crippen molar-refractivity contribution in [3.05, 3.63) is 35.4 Å². The van der Waals surface area contributed by atoms with Gasteiger partial charge in [-0.3, -0.25) is 4.79 Å². The zero-order valence-corrected chi connectivity index (χ0v) is 7.27. The molecule has 1 aliphatic rings. The van der Waals surface area contributed by atoms with Crippen LogP contribution >= 0.6 is 0 Å². The summed E-state index contributed by atoms with van der Waals surface area (Å²) in [6.45, 7) is 0.201. The normalized spacial score (nSPS) is 14.7. The Bertz CT molecular complexity index is 384. The van der Waals surface area contributed by atoms with Crippen molar-refractivity contribution < 1.29 is 14.6 Å². The van der Waals surface area contributed by atoms with E-state index in [1.165, 1.54) is 0 Å². The molecule has 2 N–H and O–H groups in total. The van der Waals surface area contributed by atoms with Gasteiger partial charge < -0.3 is 10.6 Å². The molecule has 14 heavy (non-hydrogen) atoms. The number of nitrogens with two attached hydrogens (primary N) is 1. The molecule has 1 aliphatic heterocycles. The lowest BCUT2D eigenvalue weighted by molar-refractivity contribution is -0.199. The molecule has 5 nitrogen and oxygen atoms in total. The average Bonchev–Trinajstić information content (AvgIpc) is 2.71. The molecule has 2 rings (SSSR count). The smallest absolute Gasteiger partial charge is 0.261 e. The standard InChI is InChI=1S/C9H8N2O3/c10-8(12)6-1-3-7(4-2-6)9-11-5-13-14-9/h1-4H,5H2,(H2,10,12). The number of aliphatic imine (C=N–C) groups is 1. The van der Waals surface area contributed by atoms with Gasteiger partial charge in [0.15, 0.2) is 6.73 Å². The average molecular weight is 192 g/mol. The highest BCUT2D eigenvalue weighted by atomic mass is 17.2. The molecule has 5 heteroatoms. The molecule has 0 bridgehead atoms. The number of primary amides is 1. The molecule has 1 heterocycles. The predicted molar refractivity (Wildman–Crippen MR) is 48.5 cm³/mol. The summed E-state index contributed by atoms with van der Waals surface area (Å²) in [4.78, 5) is 24.1. The van der Waals surface area contributed by atoms with Gasteiger partial charge in [0.05, 0.1) is 0 Å². The van der Waals surface area contributed by atoms with Crippen molar-refractivity contribution in [2.45, 2.75) is 0 Å². The SMILES string of the molecule is NC(=O)c1ccc(C2=NCOO2)cc1. The third kappa shape index (κ3) is 1.57. The van der Waals surface area contributed by atoms with Crippen molar-refractivity contribution in [2.75, 3.05) is 6.73 Å². The Morgan fingerprint density at radius 2 is 2.07 bits per heavy atom. The third-order valence-corrected chi connectivity index (χ3v) is 1.82. The van der Waals surface area contributed by atoms with Gasteiger partial charge in [0.1, 0.15) is 0 Å². The quantitative estimate of drug-likeness (QED) is 0.691. The highest BCUT2D eigenvalue weighted by molar-refractivity contribution is 5.97. The number of carbonyl (C=O) groups excluding carboxylic acids is 1. The molecule has 0 atom stereocenters. The molecule has 72 valence electrons. The van der Waals surface area contributed by atoms with E-state index >= 15 is 0 Å². The maximum absolute atomic E-state index is 10.8. The molecule has 0 fully saturated rings. The van der Waals surface area contributed by atoms with Crippen LogP contribution in [0.25, 0.3) is 0 Å². The molecule has 1 aromatic rings. The molecular weight excluding hydrogens is 184 g/mol. The van der Waals surface area contributed by atoms with E-state index in [2.05, 4.69) is 9.88 Å². The maximum atomic E-state index is 10.8. The Morgan fingerprint density at radius 1 is 1.36 bits per heavy atom. The van der Waals surface area contributed by atoms with Crippen molar-refractivity contribution in [2.24, 2.45) is 10.7 Å². The van der Waals surface area contributed by atoms with Gasteiger partial charge in [-0.05, 0) is 24.3 Å². The molecule has 0 aliphatic carbocycles. The van der Waals surface area contributed by atoms with Crippen molar-refractivity contribution in [1.82, 2.24) is 0 Å². The topological polar surface area (TPSA) is 73.9 Å². The van der Waals surface area contributed by atoms with E-state index in [1.807, 2.05) is 0 Å². The van der Waals surface area contributed by atoms with Crippen molar-refractivity contribution in [3.63, 3.8) is 0 Å². The summed E-state index contributed by atoms with van der Waals surface area (Å²) in [6.07, 6.45) is 0. The minimum absolute atomic E-state index is 0.201. The van der Waals surface area contributed by atoms with Gasteiger partial charge in [0.25, 0.3) is 5.90 Å². The van der Waals surface area contributed by atoms with Crippen LogP contribution in [0.3, 0.4) is 0 Å². The first-order valence-electron chi connectivity index (χ1n) is 4.01. The lowest BCUT2D eigenvalue weighted by Crippen LogP contribution is -2.11. The van der Waals surface area contributed by atoms with Crippen LogP contribution in [0.2, 0.25) is 0 Å². The van der Waals surface area contributed by atoms with E-state index in [1.54, 1.807) is 24.3 Å². The summed E-state index contributed by atoms with van der Waals surface area (Å²) in [6, 6.07) is 6.63. The fourth-order valence-corrected chi connectivity index (χ4v) is 1.11. The highest BCUT2D eigenvalue weighted by Gasteiger charge is 2.11. The first-order valence-corrected chi connectivity index (χ1v) is 4.01. The number of rotatable bonds is 2. The first-order chi connectivity index (χ1) is 6.77. The van der Waals surface area contributed by atoms with Gasteiger partial charge in [0, 0.05) is 11.1 Å². The minimum atomic E-state index is -0.456. The Hall–Kier alpha value is -1.88. The Kier molecular flexibility index (Phi) is 2.16. The van der Waals surface area contributed by atoms with Crippen molar-refractivity contribution in [3.8, 4) is 0 Å². The molecule has 0 aromatic heterocycles. The van der Waals surface area contributed by atoms with Gasteiger partial charge >= 0.3 is 0 Å². The Balaban J connectivity index is 2.25. The van der Waals surface area contributed by atoms with E-state index in [0.717, 1.165) is 5.56 Å². The highest BCUT2D eigenvalue weighted by Crippen LogP contribution is 2.09. The van der Waals surface area contributed by atoms with Gasteiger partial charge in [-0.2, -0.15) is 4.89 Å². The molecule has 0 saturated carbocycles. The zero-order chi connectivity index (χ0) is 9.97. The molecule has 0 radical (unpaired) electrons. The second kappa shape index (κ2) is 3.47. The maximum Gasteiger partial charge on any atom is 0.261 e. The Morgan fingerprint density at radius 3 is 2.57 bits per heavy atom. The monoisotopic (exact) mass is 192 g/mol. The van der Waals surface area contributed by atoms with Crippen LogP contribution in [0.4, 0.5) is 0 Å². The van der Waals surface area contributed by atoms with E-state index < -0.39 is 5.91 Å². The molecule has 0 spiro atoms. The zero-order valence-electron chi connectivity index (χ0n) is 7.27. The summed E-state index contributed by atoms with van der Waals surface area (Å²) < 4.78 is 0. The van der Waals surface area contributed by atoms with Crippen LogP contribution in [0.1, 0.15) is 15.9 Å². The number of benzene rings is 1. The van der Waals surface area contributed by atoms with E-state index in [-0.39, 0.29) is 6.73 Å². The molecule has 0 saturated heterocycles. The van der Waals surface area contributed by atoms with E-state index in [9.17, 15) is 4.79 Å². The van der Waals surface area contributed by atoms with Gasteiger partial charge in [-0.25, -0.2) is 4.99 Å². The Labute approximate surface area is 80.1 Å². The van der Waals surface area contributed by atoms with Gasteiger partial charge in [-0.1, -0.05) is 0 Å². The van der Waals surface area contributed by atoms with E-state index in [4.69, 9.17) is 10.6 Å². The largest absolute Gasteiger partial charge is 0.366 e. The third-order valence-electron chi connectivity index (χ3n) is 1.82. The van der Waals surface area contributed by atoms with Gasteiger partial charge in [-0.15, -0.1) is 0 Å². The lowest BCUT2D eigenvalue weighted by atomic mass is 10.1. The fourth-order valence-electron chi connectivity index (χ4n) is 1.11. The minimum Gasteiger partial charge on any atom is -0.366 e. The van der Waals surface area contributed by atoms with Crippen LogP contribution in [0.5, 0.6) is 0 Å². The van der Waals surface area contributed by atoms with Crippen molar-refractivity contribution >= 4 is 11.8 Å². The van der Waals surface area contributed by atoms with Crippen LogP contribution in [-0.2, 0) is 9.78 Å². The number of hydrogen-bond donors (Lipinski definition) is 1. The number of carbonyl (C=O) groups is 1. The van der Waals surface area contributed by atoms with E-state index in [0.29, 0.717) is 11.5 Å². The summed E-state index contributed by atoms with van der Waals surface area (Å²) in [5.41, 5.74) is 6.30. The van der Waals surface area contributed by atoms with Crippen LogP contribution < -0.4 is 5.73 Å². The molecule has 1 amide bonds. The second-order valence-corrected chi connectivity index (χ2v) is 2.74. The summed E-state index contributed by atoms with van der Waals surface area (Å²) in [5, 5.41) is 0. The van der Waals surface area contributed by atoms with Crippen LogP contribution in [-0.4, -0.2) is 18.5 Å². The van der Waals surface area contributed by atoms with Crippen molar-refractivity contribution in [1.29, 1.82) is 0 Å². The number of amides is 1. The summed E-state index contributed by atoms with van der Waals surface area (Å²) in [7, 11) is 0. The summed E-state index contributed by atoms with van der Waals surface area (Å²) in [5.74, 6) is -0.0388. The van der Waals surface area contributed by atoms with Crippen LogP contribution in [0.15, 0.2) is 29.3 Å². The molecule has 0 unspecified atom stereocenters. The second-order valence-electron chi connectivity index (χ2n) is 2.74. The lowest BCUT2D eigenvalue weighted by Gasteiger charge is -1.99. The number of hydrogen-bond acceptors (Lipinski definition) is 4. The number of nitrogens with zero attached hydrogens (tertiary/aromatic N) is 1. The first kappa shape index (κ1) is 8.71.